The Bertz CT molecular complexity index is 939. The normalized spacial score (nSPS) is 27.1. The molecule has 3 saturated heterocycles. The van der Waals surface area contributed by atoms with Gasteiger partial charge in [-0.05, 0) is 64.2 Å². The highest BCUT2D eigenvalue weighted by Gasteiger charge is 2.44. The Kier molecular flexibility index (Phi) is 5.79. The van der Waals surface area contributed by atoms with Gasteiger partial charge in [-0.2, -0.15) is 13.2 Å². The smallest absolute Gasteiger partial charge is 0.383 e. The molecule has 7 nitrogen and oxygen atoms in total. The second-order valence-corrected chi connectivity index (χ2v) is 9.49. The third kappa shape index (κ3) is 4.32. The zero-order chi connectivity index (χ0) is 22.3. The first kappa shape index (κ1) is 21.9. The van der Waals surface area contributed by atoms with Gasteiger partial charge in [-0.15, -0.1) is 0 Å². The van der Waals surface area contributed by atoms with Gasteiger partial charge in [0.1, 0.15) is 24.0 Å². The molecule has 2 unspecified atom stereocenters. The van der Waals surface area contributed by atoms with Crippen LogP contribution in [0, 0.1) is 0 Å². The van der Waals surface area contributed by atoms with Crippen LogP contribution in [0.4, 0.5) is 19.0 Å². The highest BCUT2D eigenvalue weighted by Crippen LogP contribution is 2.40. The molecule has 3 aliphatic heterocycles. The summed E-state index contributed by atoms with van der Waals surface area (Å²) in [6.45, 7) is 3.54. The molecule has 1 spiro atoms. The molecular formula is C22H31F3N6O. The van der Waals surface area contributed by atoms with Crippen LogP contribution in [0.1, 0.15) is 51.2 Å². The molecule has 32 heavy (non-hydrogen) atoms. The van der Waals surface area contributed by atoms with E-state index in [1.807, 2.05) is 21.7 Å². The Morgan fingerprint density at radius 1 is 1.12 bits per heavy atom. The molecule has 0 aromatic carbocycles. The van der Waals surface area contributed by atoms with Crippen LogP contribution in [-0.2, 0) is 4.74 Å². The molecule has 5 rings (SSSR count). The number of nitrogens with zero attached hydrogens (tertiary/aromatic N) is 5. The third-order valence-corrected chi connectivity index (χ3v) is 7.60. The fourth-order valence-electron chi connectivity index (χ4n) is 5.82. The van der Waals surface area contributed by atoms with Gasteiger partial charge in [-0.3, -0.25) is 4.90 Å². The maximum atomic E-state index is 12.6. The number of likely N-dealkylation sites (tertiary alicyclic amines) is 2. The molecular weight excluding hydrogens is 421 g/mol. The molecule has 10 heteroatoms. The summed E-state index contributed by atoms with van der Waals surface area (Å²) in [5, 5.41) is 0.843. The minimum Gasteiger partial charge on any atom is -0.383 e. The summed E-state index contributed by atoms with van der Waals surface area (Å²) in [5.41, 5.74) is 6.88. The van der Waals surface area contributed by atoms with Gasteiger partial charge in [0.15, 0.2) is 0 Å². The molecule has 0 radical (unpaired) electrons. The maximum absolute atomic E-state index is 12.6. The molecule has 2 N–H and O–H groups in total. The lowest BCUT2D eigenvalue weighted by Gasteiger charge is -2.46. The standard InChI is InChI=1S/C22H31F3N6O/c23-22(24,25)8-13-29-11-6-21(7-12-29)5-1-9-30(21)14-16-2-3-18(32-16)31-10-4-17-19(26)27-15-28-20(17)31/h4,10,15-16,18H,1-3,5-9,11-14H2,(H2,26,27,28). The molecule has 176 valence electrons. The Morgan fingerprint density at radius 2 is 1.94 bits per heavy atom. The van der Waals surface area contributed by atoms with E-state index in [1.54, 1.807) is 0 Å². The van der Waals surface area contributed by atoms with E-state index in [-0.39, 0.29) is 24.4 Å². The summed E-state index contributed by atoms with van der Waals surface area (Å²) in [5.74, 6) is 0.476. The van der Waals surface area contributed by atoms with Gasteiger partial charge in [-0.25, -0.2) is 9.97 Å². The van der Waals surface area contributed by atoms with E-state index in [4.69, 9.17) is 10.5 Å². The molecule has 5 heterocycles. The van der Waals surface area contributed by atoms with E-state index in [9.17, 15) is 13.2 Å². The minimum atomic E-state index is -4.08. The van der Waals surface area contributed by atoms with Gasteiger partial charge in [-0.1, -0.05) is 0 Å². The van der Waals surface area contributed by atoms with Crippen LogP contribution >= 0.6 is 0 Å². The number of aromatic nitrogens is 3. The van der Waals surface area contributed by atoms with Crippen molar-refractivity contribution in [2.45, 2.75) is 69.0 Å². The number of fused-ring (bicyclic) bond motifs is 1. The lowest BCUT2D eigenvalue weighted by molar-refractivity contribution is -0.139. The first-order valence-electron chi connectivity index (χ1n) is 11.6. The van der Waals surface area contributed by atoms with Crippen molar-refractivity contribution in [2.75, 3.05) is 38.5 Å². The maximum Gasteiger partial charge on any atom is 0.390 e. The molecule has 2 atom stereocenters. The highest BCUT2D eigenvalue weighted by atomic mass is 19.4. The fourth-order valence-corrected chi connectivity index (χ4v) is 5.82. The van der Waals surface area contributed by atoms with Crippen molar-refractivity contribution in [3.63, 3.8) is 0 Å². The third-order valence-electron chi connectivity index (χ3n) is 7.60. The number of piperidine rings is 1. The number of nitrogen functional groups attached to an aromatic ring is 1. The van der Waals surface area contributed by atoms with Gasteiger partial charge >= 0.3 is 6.18 Å². The predicted octanol–water partition coefficient (Wildman–Crippen LogP) is 3.57. The molecule has 3 fully saturated rings. The van der Waals surface area contributed by atoms with Crippen molar-refractivity contribution in [1.29, 1.82) is 0 Å². The van der Waals surface area contributed by atoms with Gasteiger partial charge in [0.05, 0.1) is 17.9 Å². The molecule has 0 bridgehead atoms. The zero-order valence-corrected chi connectivity index (χ0v) is 18.2. The first-order valence-corrected chi connectivity index (χ1v) is 11.6. The van der Waals surface area contributed by atoms with Crippen LogP contribution in [0.2, 0.25) is 0 Å². The second kappa shape index (κ2) is 8.46. The first-order chi connectivity index (χ1) is 15.3. The van der Waals surface area contributed by atoms with Crippen LogP contribution in [0.5, 0.6) is 0 Å². The van der Waals surface area contributed by atoms with Gasteiger partial charge in [0.25, 0.3) is 0 Å². The highest BCUT2D eigenvalue weighted by molar-refractivity contribution is 5.86. The van der Waals surface area contributed by atoms with E-state index >= 15 is 0 Å². The van der Waals surface area contributed by atoms with Gasteiger partial charge in [0.2, 0.25) is 0 Å². The predicted molar refractivity (Wildman–Crippen MR) is 115 cm³/mol. The van der Waals surface area contributed by atoms with E-state index in [2.05, 4.69) is 14.9 Å². The summed E-state index contributed by atoms with van der Waals surface area (Å²) in [4.78, 5) is 13.0. The van der Waals surface area contributed by atoms with Crippen LogP contribution in [0.3, 0.4) is 0 Å². The molecule has 2 aromatic rings. The zero-order valence-electron chi connectivity index (χ0n) is 18.2. The number of alkyl halides is 3. The monoisotopic (exact) mass is 452 g/mol. The summed E-state index contributed by atoms with van der Waals surface area (Å²) < 4.78 is 46.2. The molecule has 2 aromatic heterocycles. The lowest BCUT2D eigenvalue weighted by Crippen LogP contribution is -2.54. The average Bonchev–Trinajstić information content (AvgIpc) is 3.47. The largest absolute Gasteiger partial charge is 0.390 e. The summed E-state index contributed by atoms with van der Waals surface area (Å²) in [6.07, 6.45) is 4.82. The van der Waals surface area contributed by atoms with Crippen LogP contribution in [0.15, 0.2) is 18.6 Å². The number of ether oxygens (including phenoxy) is 1. The summed E-state index contributed by atoms with van der Waals surface area (Å²) in [7, 11) is 0. The average molecular weight is 453 g/mol. The Hall–Kier alpha value is -1.91. The van der Waals surface area contributed by atoms with E-state index in [1.165, 1.54) is 6.33 Å². The second-order valence-electron chi connectivity index (χ2n) is 9.49. The number of halogens is 3. The van der Waals surface area contributed by atoms with Crippen LogP contribution in [0.25, 0.3) is 11.0 Å². The van der Waals surface area contributed by atoms with Crippen molar-refractivity contribution in [3.05, 3.63) is 18.6 Å². The molecule has 0 aliphatic carbocycles. The van der Waals surface area contributed by atoms with E-state index in [0.29, 0.717) is 5.82 Å². The van der Waals surface area contributed by atoms with Crippen molar-refractivity contribution in [2.24, 2.45) is 0 Å². The van der Waals surface area contributed by atoms with Gasteiger partial charge < -0.3 is 19.9 Å². The van der Waals surface area contributed by atoms with Crippen molar-refractivity contribution in [3.8, 4) is 0 Å². The Balaban J connectivity index is 1.18. The number of hydrogen-bond donors (Lipinski definition) is 1. The number of hydrogen-bond acceptors (Lipinski definition) is 6. The minimum absolute atomic E-state index is 0.0606. The van der Waals surface area contributed by atoms with Crippen LogP contribution < -0.4 is 5.73 Å². The van der Waals surface area contributed by atoms with E-state index in [0.717, 1.165) is 75.7 Å². The number of anilines is 1. The SMILES string of the molecule is Nc1ncnc2c1ccn2C1CCC(CN2CCCC23CCN(CCC(F)(F)F)CC3)O1. The Labute approximate surface area is 185 Å². The quantitative estimate of drug-likeness (QED) is 0.748. The number of nitrogens with two attached hydrogens (primary N) is 1. The fraction of sp³-hybridized carbons (Fsp3) is 0.727. The van der Waals surface area contributed by atoms with Crippen molar-refractivity contribution < 1.29 is 17.9 Å². The van der Waals surface area contributed by atoms with Crippen molar-refractivity contribution in [1.82, 2.24) is 24.3 Å². The summed E-state index contributed by atoms with van der Waals surface area (Å²) >= 11 is 0. The molecule has 0 amide bonds. The number of rotatable bonds is 5. The van der Waals surface area contributed by atoms with Crippen molar-refractivity contribution >= 4 is 16.9 Å². The van der Waals surface area contributed by atoms with E-state index < -0.39 is 12.6 Å². The van der Waals surface area contributed by atoms with Crippen LogP contribution in [-0.4, -0.2) is 74.9 Å². The lowest BCUT2D eigenvalue weighted by atomic mass is 9.84. The summed E-state index contributed by atoms with van der Waals surface area (Å²) in [6, 6.07) is 1.93. The Morgan fingerprint density at radius 3 is 2.72 bits per heavy atom. The molecule has 0 saturated carbocycles. The van der Waals surface area contributed by atoms with Gasteiger partial charge in [0, 0.05) is 24.8 Å². The molecule has 3 aliphatic rings. The topological polar surface area (TPSA) is 72.4 Å².